The maximum Gasteiger partial charge on any atom is 0.137 e. The summed E-state index contributed by atoms with van der Waals surface area (Å²) in [5.41, 5.74) is 1.07. The average Bonchev–Trinajstić information content (AvgIpc) is 2.28. The lowest BCUT2D eigenvalue weighted by Crippen LogP contribution is -2.00. The van der Waals surface area contributed by atoms with Gasteiger partial charge in [0.05, 0.1) is 12.8 Å². The predicted molar refractivity (Wildman–Crippen MR) is 63.6 cm³/mol. The number of hydrogen-bond acceptors (Lipinski definition) is 3. The molecule has 1 heterocycles. The van der Waals surface area contributed by atoms with Gasteiger partial charge in [0, 0.05) is 19.0 Å². The molecule has 0 aliphatic carbocycles. The zero-order valence-corrected chi connectivity index (χ0v) is 10.0. The Morgan fingerprint density at radius 1 is 1.31 bits per heavy atom. The number of carbonyl (C=O) groups excluding carboxylic acids is 1. The third-order valence-electron chi connectivity index (χ3n) is 2.30. The Morgan fingerprint density at radius 2 is 2.12 bits per heavy atom. The van der Waals surface area contributed by atoms with E-state index in [0.717, 1.165) is 24.2 Å². The van der Waals surface area contributed by atoms with Gasteiger partial charge in [-0.1, -0.05) is 6.92 Å². The summed E-state index contributed by atoms with van der Waals surface area (Å²) in [6, 6.07) is 1.95. The van der Waals surface area contributed by atoms with E-state index in [1.165, 1.54) is 0 Å². The fourth-order valence-electron chi connectivity index (χ4n) is 1.53. The van der Waals surface area contributed by atoms with Gasteiger partial charge in [-0.15, -0.1) is 0 Å². The van der Waals surface area contributed by atoms with Crippen LogP contribution in [-0.2, 0) is 11.2 Å². The molecule has 1 rings (SSSR count). The van der Waals surface area contributed by atoms with Crippen LogP contribution < -0.4 is 4.74 Å². The SMILES string of the molecule is CCCC(=O)CCc1cncc(OCC)c1. The molecule has 0 saturated heterocycles. The van der Waals surface area contributed by atoms with Crippen LogP contribution in [0.15, 0.2) is 18.5 Å². The number of pyridine rings is 1. The van der Waals surface area contributed by atoms with Gasteiger partial charge in [-0.05, 0) is 31.4 Å². The van der Waals surface area contributed by atoms with Crippen LogP contribution in [0.25, 0.3) is 0 Å². The summed E-state index contributed by atoms with van der Waals surface area (Å²) in [5.74, 6) is 1.10. The lowest BCUT2D eigenvalue weighted by molar-refractivity contribution is -0.119. The Morgan fingerprint density at radius 3 is 2.81 bits per heavy atom. The maximum atomic E-state index is 11.4. The Kier molecular flexibility index (Phi) is 5.54. The van der Waals surface area contributed by atoms with E-state index in [1.807, 2.05) is 19.9 Å². The monoisotopic (exact) mass is 221 g/mol. The Bertz CT molecular complexity index is 336. The summed E-state index contributed by atoms with van der Waals surface area (Å²) >= 11 is 0. The van der Waals surface area contributed by atoms with Crippen LogP contribution in [0.4, 0.5) is 0 Å². The lowest BCUT2D eigenvalue weighted by Gasteiger charge is -2.04. The molecule has 3 heteroatoms. The van der Waals surface area contributed by atoms with Crippen molar-refractivity contribution in [1.29, 1.82) is 0 Å². The van der Waals surface area contributed by atoms with Crippen molar-refractivity contribution in [2.24, 2.45) is 0 Å². The molecule has 0 unspecified atom stereocenters. The van der Waals surface area contributed by atoms with E-state index in [2.05, 4.69) is 4.98 Å². The van der Waals surface area contributed by atoms with E-state index in [-0.39, 0.29) is 0 Å². The van der Waals surface area contributed by atoms with Crippen LogP contribution in [0.3, 0.4) is 0 Å². The van der Waals surface area contributed by atoms with Gasteiger partial charge in [-0.25, -0.2) is 0 Å². The summed E-state index contributed by atoms with van der Waals surface area (Å²) in [5, 5.41) is 0. The van der Waals surface area contributed by atoms with Crippen LogP contribution in [-0.4, -0.2) is 17.4 Å². The molecule has 0 aromatic carbocycles. The highest BCUT2D eigenvalue weighted by atomic mass is 16.5. The standard InChI is InChI=1S/C13H19NO2/c1-3-5-12(15)7-6-11-8-13(16-4-2)10-14-9-11/h8-10H,3-7H2,1-2H3. The van der Waals surface area contributed by atoms with Gasteiger partial charge in [0.25, 0.3) is 0 Å². The Hall–Kier alpha value is -1.38. The number of rotatable bonds is 7. The fraction of sp³-hybridized carbons (Fsp3) is 0.538. The minimum absolute atomic E-state index is 0.323. The fourth-order valence-corrected chi connectivity index (χ4v) is 1.53. The molecule has 3 nitrogen and oxygen atoms in total. The molecule has 0 saturated carbocycles. The second-order valence-corrected chi connectivity index (χ2v) is 3.75. The van der Waals surface area contributed by atoms with Crippen molar-refractivity contribution in [2.75, 3.05) is 6.61 Å². The van der Waals surface area contributed by atoms with Crippen LogP contribution in [0.1, 0.15) is 38.7 Å². The maximum absolute atomic E-state index is 11.4. The van der Waals surface area contributed by atoms with E-state index in [9.17, 15) is 4.79 Å². The van der Waals surface area contributed by atoms with Crippen LogP contribution >= 0.6 is 0 Å². The van der Waals surface area contributed by atoms with E-state index in [1.54, 1.807) is 12.4 Å². The van der Waals surface area contributed by atoms with Crippen molar-refractivity contribution in [3.63, 3.8) is 0 Å². The highest BCUT2D eigenvalue weighted by Gasteiger charge is 2.02. The normalized spacial score (nSPS) is 10.1. The molecule has 0 spiro atoms. The minimum atomic E-state index is 0.323. The highest BCUT2D eigenvalue weighted by molar-refractivity contribution is 5.78. The zero-order chi connectivity index (χ0) is 11.8. The molecule has 0 atom stereocenters. The number of ketones is 1. The van der Waals surface area contributed by atoms with Crippen LogP contribution in [0.2, 0.25) is 0 Å². The van der Waals surface area contributed by atoms with Crippen LogP contribution in [0, 0.1) is 0 Å². The number of hydrogen-bond donors (Lipinski definition) is 0. The average molecular weight is 221 g/mol. The molecule has 0 N–H and O–H groups in total. The first-order valence-corrected chi connectivity index (χ1v) is 5.84. The number of carbonyl (C=O) groups is 1. The highest BCUT2D eigenvalue weighted by Crippen LogP contribution is 2.13. The van der Waals surface area contributed by atoms with E-state index >= 15 is 0 Å². The third-order valence-corrected chi connectivity index (χ3v) is 2.30. The molecule has 0 amide bonds. The molecule has 1 aromatic rings. The van der Waals surface area contributed by atoms with Gasteiger partial charge in [0.1, 0.15) is 11.5 Å². The molecule has 88 valence electrons. The Labute approximate surface area is 96.8 Å². The smallest absolute Gasteiger partial charge is 0.137 e. The molecule has 0 bridgehead atoms. The first-order chi connectivity index (χ1) is 7.76. The Balaban J connectivity index is 2.47. The first kappa shape index (κ1) is 12.7. The molecule has 0 aliphatic rings. The number of aryl methyl sites for hydroxylation is 1. The summed E-state index contributed by atoms with van der Waals surface area (Å²) in [7, 11) is 0. The largest absolute Gasteiger partial charge is 0.492 e. The molecular weight excluding hydrogens is 202 g/mol. The van der Waals surface area contributed by atoms with Gasteiger partial charge < -0.3 is 4.74 Å². The van der Waals surface area contributed by atoms with Crippen molar-refractivity contribution in [1.82, 2.24) is 4.98 Å². The summed E-state index contributed by atoms with van der Waals surface area (Å²) in [4.78, 5) is 15.5. The van der Waals surface area contributed by atoms with E-state index < -0.39 is 0 Å². The molecule has 16 heavy (non-hydrogen) atoms. The van der Waals surface area contributed by atoms with Crippen molar-refractivity contribution in [3.05, 3.63) is 24.0 Å². The topological polar surface area (TPSA) is 39.2 Å². The van der Waals surface area contributed by atoms with Gasteiger partial charge in [0.2, 0.25) is 0 Å². The van der Waals surface area contributed by atoms with Crippen LogP contribution in [0.5, 0.6) is 5.75 Å². The van der Waals surface area contributed by atoms with Crippen molar-refractivity contribution in [2.45, 2.75) is 39.5 Å². The van der Waals surface area contributed by atoms with Gasteiger partial charge >= 0.3 is 0 Å². The summed E-state index contributed by atoms with van der Waals surface area (Å²) in [6.45, 7) is 4.60. The van der Waals surface area contributed by atoms with Crippen molar-refractivity contribution in [3.8, 4) is 5.75 Å². The first-order valence-electron chi connectivity index (χ1n) is 5.84. The van der Waals surface area contributed by atoms with Gasteiger partial charge in [0.15, 0.2) is 0 Å². The van der Waals surface area contributed by atoms with Gasteiger partial charge in [-0.2, -0.15) is 0 Å². The quantitative estimate of drug-likeness (QED) is 0.710. The number of aromatic nitrogens is 1. The van der Waals surface area contributed by atoms with E-state index in [0.29, 0.717) is 25.2 Å². The number of nitrogens with zero attached hydrogens (tertiary/aromatic N) is 1. The molecule has 0 fully saturated rings. The predicted octanol–water partition coefficient (Wildman–Crippen LogP) is 2.78. The molecular formula is C13H19NO2. The number of ether oxygens (including phenoxy) is 1. The molecule has 0 aliphatic heterocycles. The van der Waals surface area contributed by atoms with Crippen molar-refractivity contribution >= 4 is 5.78 Å². The van der Waals surface area contributed by atoms with Gasteiger partial charge in [-0.3, -0.25) is 9.78 Å². The minimum Gasteiger partial charge on any atom is -0.492 e. The summed E-state index contributed by atoms with van der Waals surface area (Å²) < 4.78 is 5.35. The van der Waals surface area contributed by atoms with E-state index in [4.69, 9.17) is 4.74 Å². The second kappa shape index (κ2) is 6.99. The zero-order valence-electron chi connectivity index (χ0n) is 10.0. The third kappa shape index (κ3) is 4.43. The second-order valence-electron chi connectivity index (χ2n) is 3.75. The van der Waals surface area contributed by atoms with Crippen molar-refractivity contribution < 1.29 is 9.53 Å². The number of Topliss-reactive ketones (excluding diaryl/α,β-unsaturated/α-hetero) is 1. The molecule has 0 radical (unpaired) electrons. The lowest BCUT2D eigenvalue weighted by atomic mass is 10.1. The summed E-state index contributed by atoms with van der Waals surface area (Å²) in [6.07, 6.45) is 6.45. The molecule has 1 aromatic heterocycles.